The Labute approximate surface area is 128 Å². The molecule has 1 N–H and O–H groups in total. The van der Waals surface area contributed by atoms with E-state index >= 15 is 0 Å². The van der Waals surface area contributed by atoms with Crippen molar-refractivity contribution in [3.8, 4) is 0 Å². The van der Waals surface area contributed by atoms with E-state index in [1.54, 1.807) is 0 Å². The van der Waals surface area contributed by atoms with E-state index in [1.807, 2.05) is 0 Å². The van der Waals surface area contributed by atoms with Gasteiger partial charge in [-0.2, -0.15) is 0 Å². The summed E-state index contributed by atoms with van der Waals surface area (Å²) in [6.07, 6.45) is 22.4. The average molecular weight is 282 g/mol. The molecule has 0 aromatic rings. The van der Waals surface area contributed by atoms with Crippen LogP contribution in [0.25, 0.3) is 0 Å². The lowest BCUT2D eigenvalue weighted by molar-refractivity contribution is 0.554. The van der Waals surface area contributed by atoms with E-state index in [2.05, 4.69) is 31.3 Å². The number of hydrogen-bond acceptors (Lipinski definition) is 1. The molecule has 0 fully saturated rings. The van der Waals surface area contributed by atoms with Crippen LogP contribution in [0, 0.1) is 0 Å². The van der Waals surface area contributed by atoms with Crippen LogP contribution in [0.5, 0.6) is 0 Å². The second kappa shape index (κ2) is 18.7. The molecule has 0 heterocycles. The van der Waals surface area contributed by atoms with E-state index < -0.39 is 0 Å². The summed E-state index contributed by atoms with van der Waals surface area (Å²) in [5.74, 6) is 0. The smallest absolute Gasteiger partial charge is 0.00489 e. The first-order valence-electron chi connectivity index (χ1n) is 9.27. The molecule has 0 radical (unpaired) electrons. The Kier molecular flexibility index (Phi) is 18.4. The Hall–Kier alpha value is -0.300. The Bertz CT molecular complexity index is 186. The lowest BCUT2D eigenvalue weighted by Gasteiger charge is -2.04. The number of hydrogen-bond donors (Lipinski definition) is 1. The van der Waals surface area contributed by atoms with Crippen molar-refractivity contribution >= 4 is 0 Å². The van der Waals surface area contributed by atoms with Gasteiger partial charge in [-0.3, -0.25) is 0 Å². The minimum Gasteiger partial charge on any atom is -0.317 e. The van der Waals surface area contributed by atoms with Crippen LogP contribution in [0.3, 0.4) is 0 Å². The summed E-state index contributed by atoms with van der Waals surface area (Å²) in [4.78, 5) is 0. The summed E-state index contributed by atoms with van der Waals surface area (Å²) in [6.45, 7) is 6.98. The van der Waals surface area contributed by atoms with Crippen molar-refractivity contribution in [3.05, 3.63) is 12.2 Å². The van der Waals surface area contributed by atoms with Gasteiger partial charge in [-0.1, -0.05) is 77.4 Å². The first-order chi connectivity index (χ1) is 9.91. The SMILES string of the molecule is CCCC/C=C\CCCCCCNCCCCCCC. The van der Waals surface area contributed by atoms with Crippen molar-refractivity contribution in [2.45, 2.75) is 97.3 Å². The number of allylic oxidation sites excluding steroid dienone is 2. The molecule has 0 saturated heterocycles. The normalized spacial score (nSPS) is 11.5. The summed E-state index contributed by atoms with van der Waals surface area (Å²) >= 11 is 0. The quantitative estimate of drug-likeness (QED) is 0.261. The Morgan fingerprint density at radius 1 is 0.550 bits per heavy atom. The van der Waals surface area contributed by atoms with E-state index in [-0.39, 0.29) is 0 Å². The van der Waals surface area contributed by atoms with Crippen molar-refractivity contribution < 1.29 is 0 Å². The molecule has 0 spiro atoms. The van der Waals surface area contributed by atoms with Crippen molar-refractivity contribution in [1.82, 2.24) is 5.32 Å². The molecule has 0 saturated carbocycles. The van der Waals surface area contributed by atoms with E-state index in [1.165, 1.54) is 96.6 Å². The van der Waals surface area contributed by atoms with Crippen LogP contribution in [0.1, 0.15) is 97.3 Å². The summed E-state index contributed by atoms with van der Waals surface area (Å²) in [7, 11) is 0. The van der Waals surface area contributed by atoms with Gasteiger partial charge in [0, 0.05) is 0 Å². The summed E-state index contributed by atoms with van der Waals surface area (Å²) < 4.78 is 0. The third-order valence-electron chi connectivity index (χ3n) is 3.82. The molecule has 0 amide bonds. The highest BCUT2D eigenvalue weighted by molar-refractivity contribution is 4.81. The lowest BCUT2D eigenvalue weighted by atomic mass is 10.1. The molecule has 0 bridgehead atoms. The van der Waals surface area contributed by atoms with Crippen molar-refractivity contribution in [1.29, 1.82) is 0 Å². The second-order valence-corrected chi connectivity index (χ2v) is 5.98. The molecule has 1 nitrogen and oxygen atoms in total. The number of unbranched alkanes of at least 4 members (excludes halogenated alkanes) is 10. The first-order valence-corrected chi connectivity index (χ1v) is 9.27. The minimum atomic E-state index is 1.22. The van der Waals surface area contributed by atoms with Gasteiger partial charge in [0.1, 0.15) is 0 Å². The predicted octanol–water partition coefficient (Wildman–Crippen LogP) is 6.24. The van der Waals surface area contributed by atoms with Crippen molar-refractivity contribution in [3.63, 3.8) is 0 Å². The van der Waals surface area contributed by atoms with Crippen LogP contribution in [0.2, 0.25) is 0 Å². The molecule has 0 unspecified atom stereocenters. The predicted molar refractivity (Wildman–Crippen MR) is 93.4 cm³/mol. The summed E-state index contributed by atoms with van der Waals surface area (Å²) in [5.41, 5.74) is 0. The van der Waals surface area contributed by atoms with Gasteiger partial charge in [0.15, 0.2) is 0 Å². The minimum absolute atomic E-state index is 1.22. The lowest BCUT2D eigenvalue weighted by Crippen LogP contribution is -2.16. The van der Waals surface area contributed by atoms with Crippen LogP contribution in [0.4, 0.5) is 0 Å². The summed E-state index contributed by atoms with van der Waals surface area (Å²) in [5, 5.41) is 3.57. The number of rotatable bonds is 16. The largest absolute Gasteiger partial charge is 0.317 e. The van der Waals surface area contributed by atoms with Crippen LogP contribution in [-0.2, 0) is 0 Å². The van der Waals surface area contributed by atoms with Gasteiger partial charge >= 0.3 is 0 Å². The van der Waals surface area contributed by atoms with Crippen LogP contribution < -0.4 is 5.32 Å². The van der Waals surface area contributed by atoms with Gasteiger partial charge in [-0.15, -0.1) is 0 Å². The van der Waals surface area contributed by atoms with Gasteiger partial charge in [-0.25, -0.2) is 0 Å². The maximum Gasteiger partial charge on any atom is -0.00489 e. The maximum atomic E-state index is 3.57. The molecular weight excluding hydrogens is 242 g/mol. The van der Waals surface area contributed by atoms with Crippen molar-refractivity contribution in [2.24, 2.45) is 0 Å². The fourth-order valence-electron chi connectivity index (χ4n) is 2.40. The molecule has 0 aromatic heterocycles. The molecule has 0 aliphatic heterocycles. The average Bonchev–Trinajstić information content (AvgIpc) is 2.47. The van der Waals surface area contributed by atoms with Gasteiger partial charge in [0.2, 0.25) is 0 Å². The highest BCUT2D eigenvalue weighted by Crippen LogP contribution is 2.05. The zero-order valence-corrected chi connectivity index (χ0v) is 14.3. The molecule has 0 aliphatic carbocycles. The van der Waals surface area contributed by atoms with E-state index in [4.69, 9.17) is 0 Å². The molecule has 120 valence electrons. The standard InChI is InChI=1S/C19H39N/c1-3-5-7-9-10-11-12-13-15-17-19-20-18-16-14-8-6-4-2/h9-10,20H,3-8,11-19H2,1-2H3/b10-9-. The van der Waals surface area contributed by atoms with Gasteiger partial charge < -0.3 is 5.32 Å². The molecule has 0 aliphatic rings. The number of nitrogens with one attached hydrogen (secondary N) is 1. The van der Waals surface area contributed by atoms with Crippen LogP contribution in [-0.4, -0.2) is 13.1 Å². The van der Waals surface area contributed by atoms with Gasteiger partial charge in [0.25, 0.3) is 0 Å². The Morgan fingerprint density at radius 2 is 1.05 bits per heavy atom. The maximum absolute atomic E-state index is 3.57. The molecule has 1 heteroatoms. The Balaban J connectivity index is 2.97. The zero-order chi connectivity index (χ0) is 14.7. The molecule has 0 rings (SSSR count). The van der Waals surface area contributed by atoms with Gasteiger partial charge in [-0.05, 0) is 45.2 Å². The van der Waals surface area contributed by atoms with E-state index in [0.717, 1.165) is 0 Å². The second-order valence-electron chi connectivity index (χ2n) is 5.98. The molecular formula is C19H39N. The molecule has 20 heavy (non-hydrogen) atoms. The van der Waals surface area contributed by atoms with Crippen LogP contribution >= 0.6 is 0 Å². The zero-order valence-electron chi connectivity index (χ0n) is 14.3. The third-order valence-corrected chi connectivity index (χ3v) is 3.82. The first kappa shape index (κ1) is 19.7. The topological polar surface area (TPSA) is 12.0 Å². The third kappa shape index (κ3) is 17.7. The van der Waals surface area contributed by atoms with Crippen molar-refractivity contribution in [2.75, 3.05) is 13.1 Å². The fourth-order valence-corrected chi connectivity index (χ4v) is 2.40. The molecule has 0 atom stereocenters. The van der Waals surface area contributed by atoms with Gasteiger partial charge in [0.05, 0.1) is 0 Å². The van der Waals surface area contributed by atoms with E-state index in [0.29, 0.717) is 0 Å². The van der Waals surface area contributed by atoms with Crippen LogP contribution in [0.15, 0.2) is 12.2 Å². The Morgan fingerprint density at radius 3 is 1.65 bits per heavy atom. The highest BCUT2D eigenvalue weighted by Gasteiger charge is 1.91. The monoisotopic (exact) mass is 281 g/mol. The summed E-state index contributed by atoms with van der Waals surface area (Å²) in [6, 6.07) is 0. The van der Waals surface area contributed by atoms with E-state index in [9.17, 15) is 0 Å². The molecule has 0 aromatic carbocycles. The fraction of sp³-hybridized carbons (Fsp3) is 0.895. The highest BCUT2D eigenvalue weighted by atomic mass is 14.8.